The molecule has 0 fully saturated rings. The van der Waals surface area contributed by atoms with Crippen LogP contribution in [0.5, 0.6) is 0 Å². The number of hydrogen-bond donors (Lipinski definition) is 3. The first-order valence-corrected chi connectivity index (χ1v) is 40.7. The number of esters is 1. The molecule has 526 valence electrons. The topological polar surface area (TPSA) is 95.9 Å². The minimum atomic E-state index is -0.663. The summed E-state index contributed by atoms with van der Waals surface area (Å²) >= 11 is 0. The fourth-order valence-corrected chi connectivity index (χ4v) is 13.0. The second kappa shape index (κ2) is 78.5. The molecule has 0 radical (unpaired) electrons. The molecule has 0 aliphatic rings. The lowest BCUT2D eigenvalue weighted by atomic mass is 10.0. The molecule has 0 aromatic rings. The van der Waals surface area contributed by atoms with Crippen molar-refractivity contribution in [3.63, 3.8) is 0 Å². The molecule has 0 aliphatic heterocycles. The zero-order valence-electron chi connectivity index (χ0n) is 60.4. The minimum absolute atomic E-state index is 0.00544. The van der Waals surface area contributed by atoms with Gasteiger partial charge in [0.2, 0.25) is 5.91 Å². The molecule has 2 atom stereocenters. The molecule has 0 rings (SSSR count). The van der Waals surface area contributed by atoms with Gasteiger partial charge in [-0.15, -0.1) is 0 Å². The molecule has 6 heteroatoms. The molecular formula is C83H159NO5. The molecule has 0 spiro atoms. The van der Waals surface area contributed by atoms with Crippen molar-refractivity contribution >= 4 is 11.9 Å². The van der Waals surface area contributed by atoms with Crippen molar-refractivity contribution in [1.29, 1.82) is 0 Å². The van der Waals surface area contributed by atoms with E-state index in [9.17, 15) is 19.8 Å². The van der Waals surface area contributed by atoms with E-state index < -0.39 is 12.1 Å². The van der Waals surface area contributed by atoms with Crippen LogP contribution < -0.4 is 5.32 Å². The van der Waals surface area contributed by atoms with Crippen LogP contribution in [0.15, 0.2) is 36.5 Å². The number of allylic oxidation sites excluding steroid dienone is 6. The lowest BCUT2D eigenvalue weighted by Crippen LogP contribution is -2.45. The first-order chi connectivity index (χ1) is 44.0. The van der Waals surface area contributed by atoms with E-state index in [1.807, 2.05) is 0 Å². The van der Waals surface area contributed by atoms with E-state index in [-0.39, 0.29) is 18.5 Å². The van der Waals surface area contributed by atoms with Gasteiger partial charge in [-0.05, 0) is 77.0 Å². The first-order valence-electron chi connectivity index (χ1n) is 40.7. The number of carbonyl (C=O) groups is 2. The van der Waals surface area contributed by atoms with Gasteiger partial charge in [-0.1, -0.05) is 403 Å². The quantitative estimate of drug-likeness (QED) is 0.0320. The summed E-state index contributed by atoms with van der Waals surface area (Å²) in [6.07, 6.45) is 103. The van der Waals surface area contributed by atoms with Crippen LogP contribution >= 0.6 is 0 Å². The standard InChI is InChI=1S/C83H159NO5/c1-3-5-7-9-11-13-15-17-18-19-20-21-22-36-39-42-45-48-52-55-59-63-67-71-75-81(86)80(79-85)84-82(87)76-72-68-64-60-56-53-49-46-43-40-37-34-32-30-28-26-24-23-25-27-29-31-33-35-38-41-44-47-50-54-58-62-66-70-74-78-89-83(88)77-73-69-65-61-57-51-16-14-12-10-8-6-4-2/h8,10,14,16,25,27,80-81,85-86H,3-7,9,11-13,15,17-24,26,28-79H2,1-2H3,(H,84,87)/b10-8-,16-14-,27-25-. The molecule has 0 bridgehead atoms. The van der Waals surface area contributed by atoms with Gasteiger partial charge in [0.25, 0.3) is 0 Å². The summed E-state index contributed by atoms with van der Waals surface area (Å²) < 4.78 is 5.48. The number of nitrogens with one attached hydrogen (secondary N) is 1. The highest BCUT2D eigenvalue weighted by atomic mass is 16.5. The SMILES string of the molecule is CCC/C=C\C/C=C\CCCCCCCC(=O)OCCCCCCCCCCCCCCCC/C=C\CCCCCCCCCCCCCCCCCCCC(=O)NC(CO)C(O)CCCCCCCCCCCCCCCCCCCCCCCCCC. The Kier molecular flexibility index (Phi) is 76.8. The Morgan fingerprint density at radius 3 is 0.910 bits per heavy atom. The van der Waals surface area contributed by atoms with Gasteiger partial charge in [-0.25, -0.2) is 0 Å². The molecule has 0 saturated heterocycles. The van der Waals surface area contributed by atoms with Crippen molar-refractivity contribution in [3.05, 3.63) is 36.5 Å². The monoisotopic (exact) mass is 1250 g/mol. The van der Waals surface area contributed by atoms with Crippen LogP contribution in [-0.2, 0) is 14.3 Å². The number of aliphatic hydroxyl groups is 2. The Labute approximate surface area is 557 Å². The van der Waals surface area contributed by atoms with Crippen molar-refractivity contribution in [2.24, 2.45) is 0 Å². The highest BCUT2D eigenvalue weighted by molar-refractivity contribution is 5.76. The van der Waals surface area contributed by atoms with Crippen LogP contribution in [0, 0.1) is 0 Å². The lowest BCUT2D eigenvalue weighted by molar-refractivity contribution is -0.143. The van der Waals surface area contributed by atoms with Gasteiger partial charge in [-0.3, -0.25) is 9.59 Å². The van der Waals surface area contributed by atoms with Crippen LogP contribution in [0.25, 0.3) is 0 Å². The van der Waals surface area contributed by atoms with E-state index in [1.165, 1.54) is 372 Å². The maximum atomic E-state index is 12.6. The van der Waals surface area contributed by atoms with E-state index in [4.69, 9.17) is 4.74 Å². The molecule has 0 aromatic carbocycles. The van der Waals surface area contributed by atoms with Crippen molar-refractivity contribution in [1.82, 2.24) is 5.32 Å². The molecule has 89 heavy (non-hydrogen) atoms. The third kappa shape index (κ3) is 75.0. The van der Waals surface area contributed by atoms with E-state index in [2.05, 4.69) is 55.6 Å². The van der Waals surface area contributed by atoms with Gasteiger partial charge in [0.1, 0.15) is 0 Å². The molecule has 2 unspecified atom stereocenters. The third-order valence-electron chi connectivity index (χ3n) is 19.1. The Bertz CT molecular complexity index is 1440. The van der Waals surface area contributed by atoms with Crippen LogP contribution in [0.3, 0.4) is 0 Å². The largest absolute Gasteiger partial charge is 0.466 e. The average Bonchev–Trinajstić information content (AvgIpc) is 3.64. The van der Waals surface area contributed by atoms with E-state index in [0.717, 1.165) is 51.4 Å². The number of carbonyl (C=O) groups excluding carboxylic acids is 2. The number of hydrogen-bond acceptors (Lipinski definition) is 5. The molecule has 0 aromatic heterocycles. The molecule has 0 saturated carbocycles. The number of amides is 1. The Morgan fingerprint density at radius 1 is 0.315 bits per heavy atom. The van der Waals surface area contributed by atoms with Crippen LogP contribution in [0.2, 0.25) is 0 Å². The van der Waals surface area contributed by atoms with Crippen LogP contribution in [0.1, 0.15) is 457 Å². The highest BCUT2D eigenvalue weighted by Crippen LogP contribution is 2.20. The van der Waals surface area contributed by atoms with Gasteiger partial charge in [0.15, 0.2) is 0 Å². The first kappa shape index (κ1) is 87.1. The average molecular weight is 1250 g/mol. The van der Waals surface area contributed by atoms with Gasteiger partial charge < -0.3 is 20.3 Å². The van der Waals surface area contributed by atoms with Crippen LogP contribution in [-0.4, -0.2) is 47.4 Å². The van der Waals surface area contributed by atoms with Crippen LogP contribution in [0.4, 0.5) is 0 Å². The Hall–Kier alpha value is -1.92. The normalized spacial score (nSPS) is 12.6. The smallest absolute Gasteiger partial charge is 0.305 e. The van der Waals surface area contributed by atoms with Crippen molar-refractivity contribution in [2.75, 3.05) is 13.2 Å². The van der Waals surface area contributed by atoms with E-state index in [1.54, 1.807) is 0 Å². The second-order valence-corrected chi connectivity index (χ2v) is 28.1. The summed E-state index contributed by atoms with van der Waals surface area (Å²) in [4.78, 5) is 24.6. The molecule has 3 N–H and O–H groups in total. The van der Waals surface area contributed by atoms with Gasteiger partial charge in [0.05, 0.1) is 25.4 Å². The van der Waals surface area contributed by atoms with Gasteiger partial charge >= 0.3 is 5.97 Å². The fourth-order valence-electron chi connectivity index (χ4n) is 13.0. The summed E-state index contributed by atoms with van der Waals surface area (Å²) in [5.74, 6) is -0.0203. The zero-order valence-corrected chi connectivity index (χ0v) is 60.4. The Balaban J connectivity index is 3.35. The molecule has 0 heterocycles. The summed E-state index contributed by atoms with van der Waals surface area (Å²) in [5.41, 5.74) is 0. The molecule has 1 amide bonds. The van der Waals surface area contributed by atoms with Gasteiger partial charge in [-0.2, -0.15) is 0 Å². The maximum Gasteiger partial charge on any atom is 0.305 e. The summed E-state index contributed by atoms with van der Waals surface area (Å²) in [6, 6.07) is -0.540. The summed E-state index contributed by atoms with van der Waals surface area (Å²) in [6.45, 7) is 4.93. The molecule has 6 nitrogen and oxygen atoms in total. The number of unbranched alkanes of at least 4 members (excludes halogenated alkanes) is 60. The Morgan fingerprint density at radius 2 is 0.584 bits per heavy atom. The zero-order chi connectivity index (χ0) is 64.2. The van der Waals surface area contributed by atoms with Crippen molar-refractivity contribution < 1.29 is 24.5 Å². The summed E-state index contributed by atoms with van der Waals surface area (Å²) in [5, 5.41) is 23.5. The molecule has 0 aliphatic carbocycles. The summed E-state index contributed by atoms with van der Waals surface area (Å²) in [7, 11) is 0. The second-order valence-electron chi connectivity index (χ2n) is 28.1. The van der Waals surface area contributed by atoms with Crippen molar-refractivity contribution in [3.8, 4) is 0 Å². The lowest BCUT2D eigenvalue weighted by Gasteiger charge is -2.22. The van der Waals surface area contributed by atoms with Gasteiger partial charge in [0, 0.05) is 12.8 Å². The number of ether oxygens (including phenoxy) is 1. The maximum absolute atomic E-state index is 12.6. The molecular weight excluding hydrogens is 1090 g/mol. The van der Waals surface area contributed by atoms with Crippen molar-refractivity contribution in [2.45, 2.75) is 469 Å². The predicted molar refractivity (Wildman–Crippen MR) is 393 cm³/mol. The van der Waals surface area contributed by atoms with E-state index in [0.29, 0.717) is 25.9 Å². The number of rotatable bonds is 77. The number of aliphatic hydroxyl groups excluding tert-OH is 2. The predicted octanol–water partition coefficient (Wildman–Crippen LogP) is 27.0. The van der Waals surface area contributed by atoms with E-state index >= 15 is 0 Å². The fraction of sp³-hybridized carbons (Fsp3) is 0.904. The third-order valence-corrected chi connectivity index (χ3v) is 19.1. The minimum Gasteiger partial charge on any atom is -0.466 e. The highest BCUT2D eigenvalue weighted by Gasteiger charge is 2.20.